The van der Waals surface area contributed by atoms with Gasteiger partial charge in [0.2, 0.25) is 0 Å². The quantitative estimate of drug-likeness (QED) is 0.626. The van der Waals surface area contributed by atoms with Gasteiger partial charge >= 0.3 is 0 Å². The van der Waals surface area contributed by atoms with Crippen LogP contribution in [0.4, 0.5) is 5.82 Å². The zero-order valence-electron chi connectivity index (χ0n) is 10.9. The van der Waals surface area contributed by atoms with Crippen molar-refractivity contribution in [2.75, 3.05) is 18.9 Å². The molecule has 2 N–H and O–H groups in total. The molecule has 3 aromatic rings. The summed E-state index contributed by atoms with van der Waals surface area (Å²) in [6, 6.07) is 5.72. The Kier molecular flexibility index (Phi) is 2.20. The summed E-state index contributed by atoms with van der Waals surface area (Å²) in [5.41, 5.74) is 7.34. The van der Waals surface area contributed by atoms with Gasteiger partial charge in [0.15, 0.2) is 17.1 Å². The van der Waals surface area contributed by atoms with E-state index >= 15 is 0 Å². The van der Waals surface area contributed by atoms with Crippen LogP contribution in [0.15, 0.2) is 18.2 Å². The number of nitrogens with two attached hydrogens (primary N) is 1. The molecule has 0 bridgehead atoms. The third kappa shape index (κ3) is 1.61. The fourth-order valence-corrected chi connectivity index (χ4v) is 2.39. The molecule has 0 fully saturated rings. The summed E-state index contributed by atoms with van der Waals surface area (Å²) in [7, 11) is 0. The van der Waals surface area contributed by atoms with Crippen molar-refractivity contribution in [1.29, 1.82) is 0 Å². The number of nitrogens with zero attached hydrogens (tertiary/aromatic N) is 3. The first-order chi connectivity index (χ1) is 9.70. The van der Waals surface area contributed by atoms with Crippen LogP contribution in [0, 0.1) is 6.92 Å². The summed E-state index contributed by atoms with van der Waals surface area (Å²) >= 11 is 0. The standard InChI is InChI=1S/C14H12N4O2/c1-7-16-13(15)9-4-8-5-11-12(20-3-2-19-11)6-10(8)18-14(9)17-7/h4-6H,2-3H2,1H3,(H2,15,16,17,18). The number of benzene rings is 1. The number of aryl methyl sites for hydroxylation is 1. The van der Waals surface area contributed by atoms with E-state index in [1.54, 1.807) is 6.92 Å². The van der Waals surface area contributed by atoms with Crippen LogP contribution in [0.25, 0.3) is 21.9 Å². The summed E-state index contributed by atoms with van der Waals surface area (Å²) in [5.74, 6) is 2.50. The number of ether oxygens (including phenoxy) is 2. The molecule has 1 aliphatic heterocycles. The number of rotatable bonds is 0. The molecule has 3 heterocycles. The fraction of sp³-hybridized carbons (Fsp3) is 0.214. The van der Waals surface area contributed by atoms with Crippen molar-refractivity contribution < 1.29 is 9.47 Å². The van der Waals surface area contributed by atoms with Gasteiger partial charge in [0.25, 0.3) is 0 Å². The van der Waals surface area contributed by atoms with Crippen molar-refractivity contribution in [2.24, 2.45) is 0 Å². The maximum absolute atomic E-state index is 5.94. The van der Waals surface area contributed by atoms with Crippen LogP contribution in [0.2, 0.25) is 0 Å². The molecular formula is C14H12N4O2. The molecule has 6 heteroatoms. The number of hydrogen-bond donors (Lipinski definition) is 1. The molecule has 100 valence electrons. The second-order valence-corrected chi connectivity index (χ2v) is 4.70. The van der Waals surface area contributed by atoms with Crippen LogP contribution in [-0.4, -0.2) is 28.2 Å². The number of nitrogen functional groups attached to an aromatic ring is 1. The van der Waals surface area contributed by atoms with E-state index in [9.17, 15) is 0 Å². The summed E-state index contributed by atoms with van der Waals surface area (Å²) in [5, 5.41) is 1.68. The highest BCUT2D eigenvalue weighted by Crippen LogP contribution is 2.35. The zero-order valence-corrected chi connectivity index (χ0v) is 10.9. The third-order valence-corrected chi connectivity index (χ3v) is 3.28. The average Bonchev–Trinajstić information content (AvgIpc) is 2.43. The molecule has 0 atom stereocenters. The van der Waals surface area contributed by atoms with E-state index in [0.717, 1.165) is 22.0 Å². The molecule has 6 nitrogen and oxygen atoms in total. The van der Waals surface area contributed by atoms with Crippen LogP contribution < -0.4 is 15.2 Å². The van der Waals surface area contributed by atoms with E-state index < -0.39 is 0 Å². The van der Waals surface area contributed by atoms with Crippen molar-refractivity contribution in [1.82, 2.24) is 15.0 Å². The second kappa shape index (κ2) is 3.93. The van der Waals surface area contributed by atoms with Gasteiger partial charge in [0.1, 0.15) is 24.9 Å². The minimum Gasteiger partial charge on any atom is -0.486 e. The highest BCUT2D eigenvalue weighted by molar-refractivity contribution is 5.96. The molecule has 0 saturated carbocycles. The molecule has 0 radical (unpaired) electrons. The summed E-state index contributed by atoms with van der Waals surface area (Å²) in [4.78, 5) is 13.0. The van der Waals surface area contributed by atoms with Crippen molar-refractivity contribution >= 4 is 27.8 Å². The van der Waals surface area contributed by atoms with E-state index in [2.05, 4.69) is 15.0 Å². The molecule has 0 aliphatic carbocycles. The van der Waals surface area contributed by atoms with Crippen molar-refractivity contribution in [3.63, 3.8) is 0 Å². The molecule has 1 aromatic carbocycles. The van der Waals surface area contributed by atoms with Crippen LogP contribution >= 0.6 is 0 Å². The lowest BCUT2D eigenvalue weighted by atomic mass is 10.1. The lowest BCUT2D eigenvalue weighted by molar-refractivity contribution is 0.172. The Hall–Kier alpha value is -2.63. The first-order valence-electron chi connectivity index (χ1n) is 6.35. The van der Waals surface area contributed by atoms with Crippen LogP contribution in [-0.2, 0) is 0 Å². The highest BCUT2D eigenvalue weighted by Gasteiger charge is 2.14. The minimum absolute atomic E-state index is 0.441. The predicted octanol–water partition coefficient (Wildman–Crippen LogP) is 1.84. The van der Waals surface area contributed by atoms with Crippen molar-refractivity contribution in [3.8, 4) is 11.5 Å². The molecule has 0 saturated heterocycles. The molecule has 0 unspecified atom stereocenters. The Morgan fingerprint density at radius 1 is 1.00 bits per heavy atom. The number of pyridine rings is 1. The Labute approximate surface area is 114 Å². The first-order valence-corrected chi connectivity index (χ1v) is 6.35. The van der Waals surface area contributed by atoms with Gasteiger partial charge in [-0.2, -0.15) is 0 Å². The first kappa shape index (κ1) is 11.2. The minimum atomic E-state index is 0.441. The summed E-state index contributed by atoms with van der Waals surface area (Å²) in [6.45, 7) is 2.91. The molecular weight excluding hydrogens is 256 g/mol. The van der Waals surface area contributed by atoms with Gasteiger partial charge in [-0.15, -0.1) is 0 Å². The third-order valence-electron chi connectivity index (χ3n) is 3.28. The predicted molar refractivity (Wildman–Crippen MR) is 75.0 cm³/mol. The molecule has 0 amide bonds. The normalized spacial score (nSPS) is 13.8. The molecule has 2 aromatic heterocycles. The monoisotopic (exact) mass is 268 g/mol. The van der Waals surface area contributed by atoms with Crippen LogP contribution in [0.1, 0.15) is 5.82 Å². The van der Waals surface area contributed by atoms with E-state index in [4.69, 9.17) is 15.2 Å². The number of aromatic nitrogens is 3. The van der Waals surface area contributed by atoms with Gasteiger partial charge in [-0.1, -0.05) is 0 Å². The fourth-order valence-electron chi connectivity index (χ4n) is 2.39. The van der Waals surface area contributed by atoms with E-state index in [1.165, 1.54) is 0 Å². The largest absolute Gasteiger partial charge is 0.486 e. The Balaban J connectivity index is 2.06. The maximum Gasteiger partial charge on any atom is 0.165 e. The Morgan fingerprint density at radius 3 is 2.55 bits per heavy atom. The molecule has 4 rings (SSSR count). The number of fused-ring (bicyclic) bond motifs is 3. The van der Waals surface area contributed by atoms with E-state index in [-0.39, 0.29) is 0 Å². The second-order valence-electron chi connectivity index (χ2n) is 4.70. The molecule has 20 heavy (non-hydrogen) atoms. The lowest BCUT2D eigenvalue weighted by Crippen LogP contribution is -2.15. The molecule has 0 spiro atoms. The average molecular weight is 268 g/mol. The molecule has 1 aliphatic rings. The summed E-state index contributed by atoms with van der Waals surface area (Å²) in [6.07, 6.45) is 0. The lowest BCUT2D eigenvalue weighted by Gasteiger charge is -2.18. The Bertz CT molecular complexity index is 848. The van der Waals surface area contributed by atoms with E-state index in [0.29, 0.717) is 36.3 Å². The van der Waals surface area contributed by atoms with Crippen molar-refractivity contribution in [2.45, 2.75) is 6.92 Å². The highest BCUT2D eigenvalue weighted by atomic mass is 16.6. The number of hydrogen-bond acceptors (Lipinski definition) is 6. The van der Waals surface area contributed by atoms with E-state index in [1.807, 2.05) is 18.2 Å². The topological polar surface area (TPSA) is 83.2 Å². The van der Waals surface area contributed by atoms with Gasteiger partial charge in [-0.25, -0.2) is 15.0 Å². The van der Waals surface area contributed by atoms with Crippen LogP contribution in [0.5, 0.6) is 11.5 Å². The smallest absolute Gasteiger partial charge is 0.165 e. The van der Waals surface area contributed by atoms with Crippen molar-refractivity contribution in [3.05, 3.63) is 24.0 Å². The van der Waals surface area contributed by atoms with Gasteiger partial charge in [0.05, 0.1) is 10.9 Å². The van der Waals surface area contributed by atoms with Gasteiger partial charge in [0, 0.05) is 11.5 Å². The summed E-state index contributed by atoms with van der Waals surface area (Å²) < 4.78 is 11.1. The maximum atomic E-state index is 5.94. The Morgan fingerprint density at radius 2 is 1.75 bits per heavy atom. The number of anilines is 1. The van der Waals surface area contributed by atoms with Gasteiger partial charge in [-0.3, -0.25) is 0 Å². The van der Waals surface area contributed by atoms with Gasteiger partial charge < -0.3 is 15.2 Å². The van der Waals surface area contributed by atoms with Crippen LogP contribution in [0.3, 0.4) is 0 Å². The zero-order chi connectivity index (χ0) is 13.7. The SMILES string of the molecule is Cc1nc(N)c2cc3cc4c(cc3nc2n1)OCCO4. The van der Waals surface area contributed by atoms with Gasteiger partial charge in [-0.05, 0) is 19.1 Å².